The van der Waals surface area contributed by atoms with Crippen molar-refractivity contribution in [1.82, 2.24) is 54.3 Å². The van der Waals surface area contributed by atoms with Crippen LogP contribution < -0.4 is 5.32 Å². The minimum absolute atomic E-state index is 0. The fraction of sp³-hybridized carbons (Fsp3) is 0.870. The molecule has 0 bridgehead atoms. The van der Waals surface area contributed by atoms with E-state index in [9.17, 15) is 0 Å². The van der Waals surface area contributed by atoms with E-state index in [2.05, 4.69) is 121 Å². The number of rotatable bonds is 2. The van der Waals surface area contributed by atoms with Crippen LogP contribution in [0.2, 0.25) is 0 Å². The molecule has 25 heteroatoms. The minimum Gasteiger partial charge on any atom is -0.0379 e. The maximum atomic E-state index is 6.88. The summed E-state index contributed by atoms with van der Waals surface area (Å²) < 4.78 is 34.9. The molecule has 0 unspecified atom stereocenters. The molecular weight excluding hydrogens is 1320 g/mol. The molecule has 6 saturated heterocycles. The first-order valence-electron chi connectivity index (χ1n) is 32.6. The van der Waals surface area contributed by atoms with Crippen molar-refractivity contribution >= 4 is 93.3 Å². The van der Waals surface area contributed by atoms with Gasteiger partial charge in [-0.1, -0.05) is 6.42 Å². The van der Waals surface area contributed by atoms with E-state index in [-0.39, 0.29) is 31.1 Å². The summed E-state index contributed by atoms with van der Waals surface area (Å²) in [5.74, 6) is 8.24. The van der Waals surface area contributed by atoms with E-state index in [1.807, 2.05) is 14.1 Å². The second kappa shape index (κ2) is 43.9. The zero-order valence-electron chi connectivity index (χ0n) is 56.5. The minimum atomic E-state index is -2.26. The predicted octanol–water partition coefficient (Wildman–Crippen LogP) is 3.51. The van der Waals surface area contributed by atoms with Gasteiger partial charge in [0.2, 0.25) is 0 Å². The van der Waals surface area contributed by atoms with E-state index in [1.165, 1.54) is 230 Å². The quantitative estimate of drug-likeness (QED) is 0.161. The van der Waals surface area contributed by atoms with Gasteiger partial charge in [-0.25, -0.2) is 0 Å². The third-order valence-corrected chi connectivity index (χ3v) is 15.2. The van der Waals surface area contributed by atoms with Crippen LogP contribution in [0.25, 0.3) is 0 Å². The third-order valence-electron chi connectivity index (χ3n) is 15.2. The number of nitrogens with one attached hydrogen (secondary N) is 3. The number of hydrogen-bond acceptors (Lipinski definition) is 18. The molecule has 12 rings (SSSR count). The molecular formula is C54H109B4IN19U. The summed E-state index contributed by atoms with van der Waals surface area (Å²) in [5.41, 5.74) is 4.60. The van der Waals surface area contributed by atoms with E-state index in [0.29, 0.717) is 27.8 Å². The SMILES string of the molecule is C1CCC2=NCCCN2CC1.C1CN=C2CCCN2C1.C1CN=C2NCCCN2C1.CC(=N)N(C)C.CC(C)N1CCCN2CCCN=C21.CCN1CCCN2CCCN=C12.CN1CCCN2CCCN=C12.[2H]B=N.[2H]I([3H])[B].[2H][B].[2H][B][3H].[U]. The monoisotopic (exact) mass is 1440 g/mol. The molecule has 12 heterocycles. The molecule has 0 aromatic rings. The number of halogens is 1. The Morgan fingerprint density at radius 1 is 0.684 bits per heavy atom. The molecule has 6 fully saturated rings. The van der Waals surface area contributed by atoms with E-state index < -0.39 is 22.0 Å². The summed E-state index contributed by atoms with van der Waals surface area (Å²) in [6, 6.07) is 0.597. The average molecular weight is 1440 g/mol. The van der Waals surface area contributed by atoms with Crippen molar-refractivity contribution in [3.05, 3.63) is 0 Å². The average Bonchev–Trinajstić information content (AvgIpc) is 4.13. The molecule has 79 heavy (non-hydrogen) atoms. The molecule has 12 aliphatic heterocycles. The van der Waals surface area contributed by atoms with Crippen molar-refractivity contribution in [3.8, 4) is 0 Å². The van der Waals surface area contributed by atoms with Gasteiger partial charge in [0.05, 0.1) is 25.8 Å². The molecule has 0 aliphatic carbocycles. The Kier molecular flexibility index (Phi) is 35.5. The van der Waals surface area contributed by atoms with Crippen LogP contribution in [0.15, 0.2) is 30.0 Å². The molecule has 5 radical (unpaired) electrons. The number of amidine groups is 3. The van der Waals surface area contributed by atoms with Crippen LogP contribution >= 0.6 is 22.0 Å². The zero-order chi connectivity index (χ0) is 61.9. The molecule has 19 nitrogen and oxygen atoms in total. The molecule has 0 aromatic carbocycles. The van der Waals surface area contributed by atoms with Gasteiger partial charge in [0, 0.05) is 230 Å². The van der Waals surface area contributed by atoms with Gasteiger partial charge in [-0.15, -0.1) is 0 Å². The Balaban J connectivity index is 0.000000483. The van der Waals surface area contributed by atoms with Crippen molar-refractivity contribution < 1.29 is 31.1 Å². The first-order chi connectivity index (χ1) is 40.7. The summed E-state index contributed by atoms with van der Waals surface area (Å²) in [5, 5.41) is 15.9. The van der Waals surface area contributed by atoms with Gasteiger partial charge >= 0.3 is 43.1 Å². The topological polar surface area (TPSA) is 166 Å². The number of hydrogen-bond donors (Lipinski definition) is 3. The summed E-state index contributed by atoms with van der Waals surface area (Å²) in [4.78, 5) is 50.4. The zero-order valence-corrected chi connectivity index (χ0v) is 56.8. The van der Waals surface area contributed by atoms with Gasteiger partial charge < -0.3 is 54.3 Å². The second-order valence-corrected chi connectivity index (χ2v) is 21.4. The molecule has 0 aromatic heterocycles. The molecule has 0 spiro atoms. The van der Waals surface area contributed by atoms with E-state index >= 15 is 0 Å². The van der Waals surface area contributed by atoms with Crippen molar-refractivity contribution in [2.24, 2.45) is 30.0 Å². The van der Waals surface area contributed by atoms with Gasteiger partial charge in [0.1, 0.15) is 0 Å². The Morgan fingerprint density at radius 3 is 1.62 bits per heavy atom. The number of guanidine groups is 4. The van der Waals surface area contributed by atoms with E-state index in [4.69, 9.17) is 17.3 Å². The van der Waals surface area contributed by atoms with E-state index in [0.717, 1.165) is 58.3 Å². The van der Waals surface area contributed by atoms with Crippen molar-refractivity contribution in [2.45, 2.75) is 136 Å². The predicted molar refractivity (Wildman–Crippen MR) is 352 cm³/mol. The molecule has 0 amide bonds. The first kappa shape index (κ1) is 63.9. The van der Waals surface area contributed by atoms with Crippen LogP contribution in [0.5, 0.6) is 0 Å². The third kappa shape index (κ3) is 26.2. The fourth-order valence-corrected chi connectivity index (χ4v) is 11.0. The first-order valence-corrected chi connectivity index (χ1v) is 30.8. The van der Waals surface area contributed by atoms with Gasteiger partial charge in [0.25, 0.3) is 0 Å². The number of fused-ring (bicyclic) bond motifs is 6. The van der Waals surface area contributed by atoms with Crippen LogP contribution in [0.1, 0.15) is 130 Å². The Labute approximate surface area is 530 Å². The standard InChI is InChI=1S/C10H19N3.C9H17N3.C9H16N2.C8H15N3.C7H13N3.C7H12N2.C4H10N2.BH2I.BH2N.BH2.BH.U/c1-9(2)13-8-4-7-12-6-3-5-11-10(12)13;1-2-11-7-4-8-12-6-3-5-10-9(11)12;1-2-5-9-10-6-4-8-11(9)7-3-1;1-10-5-3-7-11-6-2-4-9-8(10)11;1-3-8-7-9-4-2-6-10(7)5-1;1-3-7-8-4-2-6-9(7)5-1;1-4(5)6(2)3;2*1-2;;;/h9H,3-8H2,1-2H3;2-8H2,1H3;1-8H2;2-7H2,1H3;1-6H2,(H,8,9);1-6H2;5H,1-3H3;2H2;1-2H;1H2;1H;/i;;;;;;;2TD;1D;1TD;1D;. The smallest absolute Gasteiger partial charge is 0.0379 e. The largest absolute Gasteiger partial charge is 0.0643 e. The van der Waals surface area contributed by atoms with Crippen LogP contribution in [0.3, 0.4) is 0 Å². The van der Waals surface area contributed by atoms with Crippen molar-refractivity contribution in [3.63, 3.8) is 0 Å². The Morgan fingerprint density at radius 2 is 1.09 bits per heavy atom. The normalized spacial score (nSPS) is 22.0. The number of nitrogens with zero attached hydrogens (tertiary/aromatic N) is 16. The Bertz CT molecular complexity index is 1970. The maximum absolute atomic E-state index is 6.88. The van der Waals surface area contributed by atoms with Gasteiger partial charge in [0.15, 0.2) is 23.8 Å². The molecule has 3 N–H and O–H groups in total. The summed E-state index contributed by atoms with van der Waals surface area (Å²) in [6.07, 6.45) is 20.5. The Hall–Kier alpha value is -2.67. The summed E-state index contributed by atoms with van der Waals surface area (Å²) >= 11 is -2.26. The van der Waals surface area contributed by atoms with Gasteiger partial charge in [-0.3, -0.25) is 35.4 Å². The fourth-order valence-electron chi connectivity index (χ4n) is 11.0. The van der Waals surface area contributed by atoms with Gasteiger partial charge in [-0.2, -0.15) is 0 Å². The van der Waals surface area contributed by atoms with Crippen molar-refractivity contribution in [1.29, 1.82) is 17.3 Å². The van der Waals surface area contributed by atoms with Crippen molar-refractivity contribution in [2.75, 3.05) is 172 Å². The summed E-state index contributed by atoms with van der Waals surface area (Å²) in [7, 11) is 10.6. The van der Waals surface area contributed by atoms with Crippen LogP contribution in [-0.2, 0) is 0 Å². The molecule has 0 saturated carbocycles. The van der Waals surface area contributed by atoms with Gasteiger partial charge in [-0.05, 0) is 115 Å². The summed E-state index contributed by atoms with van der Waals surface area (Å²) in [6.45, 7) is 35.2. The molecule has 12 aliphatic rings. The van der Waals surface area contributed by atoms with Crippen LogP contribution in [-0.4, -0.2) is 305 Å². The van der Waals surface area contributed by atoms with Crippen LogP contribution in [0.4, 0.5) is 0 Å². The second-order valence-electron chi connectivity index (χ2n) is 21.4. The maximum Gasteiger partial charge on any atom is 0.0643 e. The molecule has 0 atom stereocenters. The molecule has 443 valence electrons. The van der Waals surface area contributed by atoms with E-state index in [1.54, 1.807) is 11.8 Å². The van der Waals surface area contributed by atoms with Crippen LogP contribution in [0, 0.1) is 41.8 Å². The number of aliphatic imine (C=N–C) groups is 6.